The molecule has 0 bridgehead atoms. The van der Waals surface area contributed by atoms with Crippen LogP contribution in [0.3, 0.4) is 0 Å². The molecular formula is C19H20FN5O2. The van der Waals surface area contributed by atoms with Crippen molar-refractivity contribution in [1.82, 2.24) is 14.8 Å². The highest BCUT2D eigenvalue weighted by molar-refractivity contribution is 5.96. The molecule has 2 heterocycles. The van der Waals surface area contributed by atoms with Crippen LogP contribution in [0, 0.1) is 19.7 Å². The fraction of sp³-hybridized carbons (Fsp3) is 0.211. The van der Waals surface area contributed by atoms with Crippen molar-refractivity contribution in [3.05, 3.63) is 71.4 Å². The molecule has 0 amide bonds. The van der Waals surface area contributed by atoms with Crippen molar-refractivity contribution in [3.63, 3.8) is 0 Å². The van der Waals surface area contributed by atoms with E-state index in [9.17, 15) is 4.39 Å². The number of aryl methyl sites for hydroxylation is 2. The van der Waals surface area contributed by atoms with E-state index in [1.165, 1.54) is 12.1 Å². The fourth-order valence-electron chi connectivity index (χ4n) is 2.42. The molecule has 8 heteroatoms. The van der Waals surface area contributed by atoms with Crippen molar-refractivity contribution in [1.29, 1.82) is 0 Å². The zero-order valence-corrected chi connectivity index (χ0v) is 15.1. The second kappa shape index (κ2) is 8.31. The lowest BCUT2D eigenvalue weighted by Crippen LogP contribution is -2.16. The zero-order chi connectivity index (χ0) is 19.2. The summed E-state index contributed by atoms with van der Waals surface area (Å²) >= 11 is 0. The molecule has 2 N–H and O–H groups in total. The summed E-state index contributed by atoms with van der Waals surface area (Å²) in [6.45, 7) is 4.36. The molecule has 3 rings (SSSR count). The third-order valence-electron chi connectivity index (χ3n) is 3.69. The molecule has 0 aliphatic heterocycles. The smallest absolute Gasteiger partial charge is 0.171 e. The van der Waals surface area contributed by atoms with Gasteiger partial charge in [0, 0.05) is 17.5 Å². The summed E-state index contributed by atoms with van der Waals surface area (Å²) in [7, 11) is 0. The summed E-state index contributed by atoms with van der Waals surface area (Å²) in [5, 5.41) is 8.24. The van der Waals surface area contributed by atoms with Gasteiger partial charge in [0.05, 0.1) is 5.69 Å². The number of rotatable bonds is 7. The molecule has 2 aromatic heterocycles. The number of ether oxygens (including phenoxy) is 1. The Morgan fingerprint density at radius 2 is 1.93 bits per heavy atom. The minimum absolute atomic E-state index is 0.204. The number of pyridine rings is 1. The van der Waals surface area contributed by atoms with Crippen molar-refractivity contribution in [2.24, 2.45) is 10.9 Å². The van der Waals surface area contributed by atoms with Crippen LogP contribution in [0.25, 0.3) is 5.82 Å². The molecule has 1 aromatic carbocycles. The summed E-state index contributed by atoms with van der Waals surface area (Å²) in [5.41, 5.74) is 8.47. The van der Waals surface area contributed by atoms with Crippen molar-refractivity contribution in [3.8, 4) is 11.6 Å². The Morgan fingerprint density at radius 1 is 1.15 bits per heavy atom. The molecule has 0 atom stereocenters. The number of nitrogens with zero attached hydrogens (tertiary/aromatic N) is 4. The summed E-state index contributed by atoms with van der Waals surface area (Å²) in [5.74, 6) is 1.16. The number of nitrogens with two attached hydrogens (primary N) is 1. The molecule has 140 valence electrons. The second-order valence-electron chi connectivity index (χ2n) is 5.86. The summed E-state index contributed by atoms with van der Waals surface area (Å²) in [6.07, 6.45) is 1.61. The average Bonchev–Trinajstić information content (AvgIpc) is 3.01. The molecule has 27 heavy (non-hydrogen) atoms. The van der Waals surface area contributed by atoms with E-state index < -0.39 is 0 Å². The van der Waals surface area contributed by atoms with E-state index in [-0.39, 0.29) is 24.9 Å². The molecule has 0 spiro atoms. The van der Waals surface area contributed by atoms with Crippen LogP contribution in [0.2, 0.25) is 0 Å². The summed E-state index contributed by atoms with van der Waals surface area (Å²) in [4.78, 5) is 9.52. The summed E-state index contributed by atoms with van der Waals surface area (Å²) in [6, 6.07) is 11.3. The van der Waals surface area contributed by atoms with E-state index >= 15 is 0 Å². The predicted octanol–water partition coefficient (Wildman–Crippen LogP) is 2.74. The Balaban J connectivity index is 1.51. The van der Waals surface area contributed by atoms with Crippen LogP contribution in [0.15, 0.2) is 53.8 Å². The first kappa shape index (κ1) is 18.4. The van der Waals surface area contributed by atoms with E-state index in [1.54, 1.807) is 29.1 Å². The van der Waals surface area contributed by atoms with Gasteiger partial charge < -0.3 is 15.3 Å². The normalized spacial score (nSPS) is 11.4. The van der Waals surface area contributed by atoms with Gasteiger partial charge in [-0.1, -0.05) is 5.16 Å². The van der Waals surface area contributed by atoms with Gasteiger partial charge in [0.15, 0.2) is 18.3 Å². The quantitative estimate of drug-likeness (QED) is 0.299. The van der Waals surface area contributed by atoms with Gasteiger partial charge in [-0.3, -0.25) is 0 Å². The van der Waals surface area contributed by atoms with Gasteiger partial charge in [0.2, 0.25) is 0 Å². The van der Waals surface area contributed by atoms with Gasteiger partial charge in [-0.25, -0.2) is 14.1 Å². The molecule has 0 aliphatic rings. The Labute approximate surface area is 156 Å². The molecular weight excluding hydrogens is 349 g/mol. The van der Waals surface area contributed by atoms with Gasteiger partial charge >= 0.3 is 0 Å². The predicted molar refractivity (Wildman–Crippen MR) is 99.4 cm³/mol. The second-order valence-corrected chi connectivity index (χ2v) is 5.86. The largest absolute Gasteiger partial charge is 0.490 e. The lowest BCUT2D eigenvalue weighted by atomic mass is 10.2. The van der Waals surface area contributed by atoms with E-state index in [0.717, 1.165) is 11.4 Å². The van der Waals surface area contributed by atoms with Gasteiger partial charge in [-0.2, -0.15) is 5.10 Å². The highest BCUT2D eigenvalue weighted by atomic mass is 19.1. The molecule has 3 aromatic rings. The molecule has 0 fully saturated rings. The third-order valence-corrected chi connectivity index (χ3v) is 3.69. The molecule has 0 unspecified atom stereocenters. The maximum absolute atomic E-state index is 12.8. The maximum atomic E-state index is 12.8. The summed E-state index contributed by atoms with van der Waals surface area (Å²) < 4.78 is 20.0. The Bertz CT molecular complexity index is 920. The van der Waals surface area contributed by atoms with Crippen LogP contribution in [0.5, 0.6) is 5.75 Å². The lowest BCUT2D eigenvalue weighted by Gasteiger charge is -2.06. The molecule has 0 saturated heterocycles. The first-order chi connectivity index (χ1) is 13.0. The van der Waals surface area contributed by atoms with Crippen LogP contribution in [-0.2, 0) is 4.84 Å². The Kier molecular flexibility index (Phi) is 5.65. The first-order valence-electron chi connectivity index (χ1n) is 8.37. The highest BCUT2D eigenvalue weighted by Crippen LogP contribution is 2.11. The van der Waals surface area contributed by atoms with Crippen LogP contribution < -0.4 is 10.5 Å². The maximum Gasteiger partial charge on any atom is 0.171 e. The Hall–Kier alpha value is -3.42. The van der Waals surface area contributed by atoms with Crippen LogP contribution in [0.1, 0.15) is 17.0 Å². The monoisotopic (exact) mass is 369 g/mol. The number of aromatic nitrogens is 3. The van der Waals surface area contributed by atoms with Gasteiger partial charge in [0.25, 0.3) is 0 Å². The molecule has 0 aliphatic carbocycles. The lowest BCUT2D eigenvalue weighted by molar-refractivity contribution is 0.107. The molecule has 7 nitrogen and oxygen atoms in total. The molecule has 0 saturated carbocycles. The van der Waals surface area contributed by atoms with Gasteiger partial charge in [-0.05, 0) is 56.3 Å². The number of amidine groups is 1. The van der Waals surface area contributed by atoms with Crippen LogP contribution >= 0.6 is 0 Å². The van der Waals surface area contributed by atoms with Crippen molar-refractivity contribution in [2.75, 3.05) is 13.2 Å². The van der Waals surface area contributed by atoms with E-state index in [1.807, 2.05) is 26.0 Å². The van der Waals surface area contributed by atoms with E-state index in [2.05, 4.69) is 15.2 Å². The average molecular weight is 369 g/mol. The zero-order valence-electron chi connectivity index (χ0n) is 15.1. The fourth-order valence-corrected chi connectivity index (χ4v) is 2.42. The van der Waals surface area contributed by atoms with Crippen molar-refractivity contribution < 1.29 is 14.0 Å². The first-order valence-corrected chi connectivity index (χ1v) is 8.37. The van der Waals surface area contributed by atoms with Gasteiger partial charge in [0.1, 0.15) is 18.2 Å². The number of hydrogen-bond donors (Lipinski definition) is 1. The van der Waals surface area contributed by atoms with Crippen molar-refractivity contribution in [2.45, 2.75) is 13.8 Å². The number of benzene rings is 1. The highest BCUT2D eigenvalue weighted by Gasteiger charge is 2.06. The number of halogens is 1. The standard InChI is InChI=1S/C19H20FN5O2/c1-13-11-14(2)25(23-13)18-8-3-15(12-22-18)19(21)24-27-10-9-26-17-6-4-16(20)5-7-17/h3-8,11-12H,9-10H2,1-2H3,(H2,21,24). The number of oxime groups is 1. The van der Waals surface area contributed by atoms with E-state index in [4.69, 9.17) is 15.3 Å². The van der Waals surface area contributed by atoms with Crippen LogP contribution in [0.4, 0.5) is 4.39 Å². The SMILES string of the molecule is Cc1cc(C)n(-c2ccc(C(N)=NOCCOc3ccc(F)cc3)cn2)n1. The Morgan fingerprint density at radius 3 is 2.56 bits per heavy atom. The number of hydrogen-bond acceptors (Lipinski definition) is 5. The van der Waals surface area contributed by atoms with Crippen molar-refractivity contribution >= 4 is 5.84 Å². The van der Waals surface area contributed by atoms with E-state index in [0.29, 0.717) is 17.1 Å². The topological polar surface area (TPSA) is 87.6 Å². The molecule has 0 radical (unpaired) electrons. The third kappa shape index (κ3) is 4.81. The van der Waals surface area contributed by atoms with Crippen LogP contribution in [-0.4, -0.2) is 33.8 Å². The van der Waals surface area contributed by atoms with Gasteiger partial charge in [-0.15, -0.1) is 0 Å². The minimum atomic E-state index is -0.312. The minimum Gasteiger partial charge on any atom is -0.490 e.